The molecule has 0 unspecified atom stereocenters. The van der Waals surface area contributed by atoms with Crippen LogP contribution in [0.1, 0.15) is 5.76 Å². The summed E-state index contributed by atoms with van der Waals surface area (Å²) in [6.07, 6.45) is 3.22. The fourth-order valence-electron chi connectivity index (χ4n) is 0.807. The van der Waals surface area contributed by atoms with E-state index in [-0.39, 0.29) is 0 Å². The third kappa shape index (κ3) is 2.26. The van der Waals surface area contributed by atoms with Crippen LogP contribution in [0.3, 0.4) is 0 Å². The summed E-state index contributed by atoms with van der Waals surface area (Å²) in [6.45, 7) is 0.317. The Hall–Kier alpha value is -1.53. The number of ether oxygens (including phenoxy) is 1. The molecule has 1 aromatic rings. The molecule has 0 fully saturated rings. The molecule has 0 aliphatic rings. The van der Waals surface area contributed by atoms with Crippen LogP contribution in [-0.2, 0) is 4.74 Å². The van der Waals surface area contributed by atoms with Crippen LogP contribution in [0.15, 0.2) is 28.4 Å². The van der Waals surface area contributed by atoms with Crippen LogP contribution in [0.5, 0.6) is 0 Å². The topological polar surface area (TPSA) is 46.2 Å². The molecule has 0 spiro atoms. The van der Waals surface area contributed by atoms with E-state index < -0.39 is 0 Å². The van der Waals surface area contributed by atoms with Crippen molar-refractivity contribution in [1.82, 2.24) is 0 Å². The monoisotopic (exact) mass is 163 g/mol. The van der Waals surface area contributed by atoms with E-state index in [0.29, 0.717) is 17.9 Å². The lowest BCUT2D eigenvalue weighted by Crippen LogP contribution is -1.90. The number of hydrogen-bond donors (Lipinski definition) is 0. The van der Waals surface area contributed by atoms with Crippen LogP contribution in [0, 0.1) is 11.3 Å². The van der Waals surface area contributed by atoms with Gasteiger partial charge in [-0.15, -0.1) is 0 Å². The highest BCUT2D eigenvalue weighted by Crippen LogP contribution is 2.06. The van der Waals surface area contributed by atoms with Crippen LogP contribution in [0.25, 0.3) is 6.08 Å². The molecule has 0 N–H and O–H groups in total. The van der Waals surface area contributed by atoms with Crippen molar-refractivity contribution >= 4 is 6.08 Å². The minimum Gasteiger partial charge on any atom is -0.465 e. The third-order valence-corrected chi connectivity index (χ3v) is 1.30. The van der Waals surface area contributed by atoms with Crippen molar-refractivity contribution in [3.8, 4) is 6.07 Å². The lowest BCUT2D eigenvalue weighted by Gasteiger charge is -1.93. The van der Waals surface area contributed by atoms with Gasteiger partial charge < -0.3 is 9.15 Å². The molecule has 62 valence electrons. The summed E-state index contributed by atoms with van der Waals surface area (Å²) in [5.41, 5.74) is 0.549. The maximum atomic E-state index is 8.62. The highest BCUT2D eigenvalue weighted by atomic mass is 16.5. The number of hydrogen-bond acceptors (Lipinski definition) is 3. The highest BCUT2D eigenvalue weighted by molar-refractivity contribution is 5.52. The van der Waals surface area contributed by atoms with Gasteiger partial charge in [0.25, 0.3) is 0 Å². The smallest absolute Gasteiger partial charge is 0.127 e. The summed E-state index contributed by atoms with van der Waals surface area (Å²) in [7, 11) is 1.55. The van der Waals surface area contributed by atoms with Gasteiger partial charge in [0.1, 0.15) is 5.76 Å². The van der Waals surface area contributed by atoms with E-state index in [1.54, 1.807) is 31.6 Å². The predicted molar refractivity (Wildman–Crippen MR) is 44.2 cm³/mol. The van der Waals surface area contributed by atoms with Crippen LogP contribution in [0.4, 0.5) is 0 Å². The Bertz CT molecular complexity index is 293. The molecule has 0 atom stereocenters. The van der Waals surface area contributed by atoms with E-state index in [1.807, 2.05) is 6.07 Å². The zero-order valence-corrected chi connectivity index (χ0v) is 6.78. The molecule has 0 aliphatic carbocycles. The first-order chi connectivity index (χ1) is 5.86. The van der Waals surface area contributed by atoms with Crippen LogP contribution < -0.4 is 0 Å². The normalized spacial score (nSPS) is 11.2. The van der Waals surface area contributed by atoms with Gasteiger partial charge in [-0.3, -0.25) is 0 Å². The van der Waals surface area contributed by atoms with Crippen molar-refractivity contribution in [3.63, 3.8) is 0 Å². The van der Waals surface area contributed by atoms with Gasteiger partial charge in [0.2, 0.25) is 0 Å². The van der Waals surface area contributed by atoms with Crippen LogP contribution in [0.2, 0.25) is 0 Å². The maximum absolute atomic E-state index is 8.62. The van der Waals surface area contributed by atoms with Gasteiger partial charge in [-0.2, -0.15) is 5.26 Å². The fraction of sp³-hybridized carbons (Fsp3) is 0.222. The molecule has 0 saturated carbocycles. The SMILES string of the molecule is COCC(C#N)=Cc1ccco1. The van der Waals surface area contributed by atoms with Gasteiger partial charge in [0.15, 0.2) is 0 Å². The van der Waals surface area contributed by atoms with Crippen molar-refractivity contribution in [2.24, 2.45) is 0 Å². The lowest BCUT2D eigenvalue weighted by atomic mass is 10.2. The molecule has 0 aliphatic heterocycles. The summed E-state index contributed by atoms with van der Waals surface area (Å²) in [4.78, 5) is 0. The first-order valence-electron chi connectivity index (χ1n) is 3.50. The molecule has 0 amide bonds. The molecule has 1 heterocycles. The van der Waals surface area contributed by atoms with Crippen LogP contribution in [-0.4, -0.2) is 13.7 Å². The van der Waals surface area contributed by atoms with Gasteiger partial charge in [0.05, 0.1) is 24.5 Å². The molecule has 3 nitrogen and oxygen atoms in total. The second-order valence-corrected chi connectivity index (χ2v) is 2.23. The van der Waals surface area contributed by atoms with E-state index in [9.17, 15) is 0 Å². The van der Waals surface area contributed by atoms with Gasteiger partial charge in [0, 0.05) is 7.11 Å². The number of rotatable bonds is 3. The minimum absolute atomic E-state index is 0.317. The van der Waals surface area contributed by atoms with Gasteiger partial charge in [-0.05, 0) is 18.2 Å². The molecule has 1 aromatic heterocycles. The van der Waals surface area contributed by atoms with Gasteiger partial charge in [-0.25, -0.2) is 0 Å². The zero-order chi connectivity index (χ0) is 8.81. The number of nitrogens with zero attached hydrogens (tertiary/aromatic N) is 1. The molecule has 0 bridgehead atoms. The second kappa shape index (κ2) is 4.37. The second-order valence-electron chi connectivity index (χ2n) is 2.23. The van der Waals surface area contributed by atoms with E-state index in [0.717, 1.165) is 0 Å². The summed E-state index contributed by atoms with van der Waals surface area (Å²) in [6, 6.07) is 5.57. The minimum atomic E-state index is 0.317. The molecule has 0 radical (unpaired) electrons. The van der Waals surface area contributed by atoms with Crippen molar-refractivity contribution < 1.29 is 9.15 Å². The Kier molecular flexibility index (Phi) is 3.12. The Labute approximate surface area is 70.9 Å². The molecule has 0 aromatic carbocycles. The average molecular weight is 163 g/mol. The highest BCUT2D eigenvalue weighted by Gasteiger charge is 1.96. The van der Waals surface area contributed by atoms with E-state index in [2.05, 4.69) is 0 Å². The first-order valence-corrected chi connectivity index (χ1v) is 3.50. The van der Waals surface area contributed by atoms with Crippen molar-refractivity contribution in [1.29, 1.82) is 5.26 Å². The first kappa shape index (κ1) is 8.57. The van der Waals surface area contributed by atoms with Crippen molar-refractivity contribution in [3.05, 3.63) is 29.7 Å². The van der Waals surface area contributed by atoms with E-state index >= 15 is 0 Å². The summed E-state index contributed by atoms with van der Waals surface area (Å²) >= 11 is 0. The predicted octanol–water partition coefficient (Wildman–Crippen LogP) is 1.83. The zero-order valence-electron chi connectivity index (χ0n) is 6.78. The van der Waals surface area contributed by atoms with Crippen molar-refractivity contribution in [2.75, 3.05) is 13.7 Å². The third-order valence-electron chi connectivity index (χ3n) is 1.30. The largest absolute Gasteiger partial charge is 0.465 e. The van der Waals surface area contributed by atoms with E-state index in [4.69, 9.17) is 14.4 Å². The summed E-state index contributed by atoms with van der Waals surface area (Å²) in [5, 5.41) is 8.62. The molecular weight excluding hydrogens is 154 g/mol. The van der Waals surface area contributed by atoms with Gasteiger partial charge >= 0.3 is 0 Å². The average Bonchev–Trinajstić information content (AvgIpc) is 2.56. The van der Waals surface area contributed by atoms with E-state index in [1.165, 1.54) is 0 Å². The number of nitriles is 1. The molecule has 0 saturated heterocycles. The molecular formula is C9H9NO2. The Balaban J connectivity index is 2.73. The number of furan rings is 1. The summed E-state index contributed by atoms with van der Waals surface area (Å²) in [5.74, 6) is 0.670. The maximum Gasteiger partial charge on any atom is 0.127 e. The fourth-order valence-corrected chi connectivity index (χ4v) is 0.807. The van der Waals surface area contributed by atoms with Crippen molar-refractivity contribution in [2.45, 2.75) is 0 Å². The summed E-state index contributed by atoms with van der Waals surface area (Å²) < 4.78 is 9.84. The molecule has 3 heteroatoms. The Morgan fingerprint density at radius 2 is 2.67 bits per heavy atom. The standard InChI is InChI=1S/C9H9NO2/c1-11-7-8(6-10)5-9-3-2-4-12-9/h2-5H,7H2,1H3. The Morgan fingerprint density at radius 1 is 1.83 bits per heavy atom. The lowest BCUT2D eigenvalue weighted by molar-refractivity contribution is 0.229. The number of methoxy groups -OCH3 is 1. The Morgan fingerprint density at radius 3 is 3.17 bits per heavy atom. The quantitative estimate of drug-likeness (QED) is 0.638. The van der Waals surface area contributed by atoms with Crippen LogP contribution >= 0.6 is 0 Å². The molecule has 12 heavy (non-hydrogen) atoms. The molecule has 1 rings (SSSR count). The van der Waals surface area contributed by atoms with Gasteiger partial charge in [-0.1, -0.05) is 0 Å².